The number of halogens is 1. The summed E-state index contributed by atoms with van der Waals surface area (Å²) in [5.41, 5.74) is 4.16. The van der Waals surface area contributed by atoms with Crippen molar-refractivity contribution in [2.75, 3.05) is 14.2 Å². The van der Waals surface area contributed by atoms with Crippen LogP contribution in [-0.4, -0.2) is 31.5 Å². The molecular weight excluding hydrogens is 473 g/mol. The molecule has 5 rings (SSSR count). The maximum absolute atomic E-state index is 14.5. The van der Waals surface area contributed by atoms with Crippen LogP contribution in [0.1, 0.15) is 65.3 Å². The Hall–Kier alpha value is -3.74. The van der Waals surface area contributed by atoms with Crippen molar-refractivity contribution in [2.45, 2.75) is 44.6 Å². The van der Waals surface area contributed by atoms with Crippen molar-refractivity contribution in [3.8, 4) is 22.8 Å². The number of aryl methyl sites for hydroxylation is 1. The van der Waals surface area contributed by atoms with E-state index in [1.54, 1.807) is 12.1 Å². The molecule has 1 saturated carbocycles. The van der Waals surface area contributed by atoms with E-state index >= 15 is 0 Å². The predicted octanol–water partition coefficient (Wildman–Crippen LogP) is 6.08. The number of hydrogen-bond donors (Lipinski definition) is 0. The Morgan fingerprint density at radius 1 is 1.11 bits per heavy atom. The minimum Gasteiger partial charge on any atom is -0.485 e. The van der Waals surface area contributed by atoms with Crippen LogP contribution in [0.25, 0.3) is 11.1 Å². The fourth-order valence-electron chi connectivity index (χ4n) is 5.45. The second-order valence-corrected chi connectivity index (χ2v) is 9.86. The first-order chi connectivity index (χ1) is 17.9. The minimum absolute atomic E-state index is 0.0925. The lowest BCUT2D eigenvalue weighted by molar-refractivity contribution is -0.145. The molecular formula is C30H30FNO5. The summed E-state index contributed by atoms with van der Waals surface area (Å²) in [6, 6.07) is 13.1. The Kier molecular flexibility index (Phi) is 6.96. The normalized spacial score (nSPS) is 18.2. The largest absolute Gasteiger partial charge is 0.485 e. The van der Waals surface area contributed by atoms with Crippen LogP contribution in [0.3, 0.4) is 0 Å². The van der Waals surface area contributed by atoms with E-state index in [-0.39, 0.29) is 35.4 Å². The first kappa shape index (κ1) is 24.9. The lowest BCUT2D eigenvalue weighted by Crippen LogP contribution is -2.23. The molecule has 6 nitrogen and oxygen atoms in total. The highest BCUT2D eigenvalue weighted by molar-refractivity contribution is 5.88. The van der Waals surface area contributed by atoms with Gasteiger partial charge in [-0.15, -0.1) is 0 Å². The van der Waals surface area contributed by atoms with Crippen molar-refractivity contribution >= 4 is 12.3 Å². The van der Waals surface area contributed by atoms with Gasteiger partial charge in [0.25, 0.3) is 0 Å². The Labute approximate surface area is 215 Å². The SMILES string of the molecule is COC(=O)C(C)C(c1ccc2c(c1)OC(c1ccc(-c3cc(OC)ncc3F)c(C=O)c1)CC2)C1CC1. The lowest BCUT2D eigenvalue weighted by Gasteiger charge is -2.29. The van der Waals surface area contributed by atoms with Gasteiger partial charge < -0.3 is 14.2 Å². The van der Waals surface area contributed by atoms with Gasteiger partial charge in [0, 0.05) is 17.2 Å². The highest BCUT2D eigenvalue weighted by Gasteiger charge is 2.39. The number of hydrogen-bond acceptors (Lipinski definition) is 6. The van der Waals surface area contributed by atoms with Crippen LogP contribution in [0.5, 0.6) is 11.6 Å². The number of rotatable bonds is 8. The number of methoxy groups -OCH3 is 2. The van der Waals surface area contributed by atoms with Gasteiger partial charge in [0.1, 0.15) is 17.7 Å². The Balaban J connectivity index is 1.43. The first-order valence-corrected chi connectivity index (χ1v) is 12.6. The quantitative estimate of drug-likeness (QED) is 0.274. The molecule has 37 heavy (non-hydrogen) atoms. The molecule has 0 radical (unpaired) electrons. The molecule has 3 aromatic rings. The van der Waals surface area contributed by atoms with E-state index in [0.29, 0.717) is 17.0 Å². The molecule has 0 N–H and O–H groups in total. The minimum atomic E-state index is -0.529. The summed E-state index contributed by atoms with van der Waals surface area (Å²) in [7, 11) is 2.89. The van der Waals surface area contributed by atoms with Crippen LogP contribution in [-0.2, 0) is 16.0 Å². The van der Waals surface area contributed by atoms with E-state index in [9.17, 15) is 14.0 Å². The summed E-state index contributed by atoms with van der Waals surface area (Å²) < 4.78 is 31.1. The van der Waals surface area contributed by atoms with Crippen molar-refractivity contribution in [3.05, 3.63) is 76.7 Å². The van der Waals surface area contributed by atoms with Crippen LogP contribution < -0.4 is 9.47 Å². The van der Waals surface area contributed by atoms with Crippen molar-refractivity contribution < 1.29 is 28.2 Å². The molecule has 3 unspecified atom stereocenters. The van der Waals surface area contributed by atoms with E-state index in [0.717, 1.165) is 60.6 Å². The molecule has 7 heteroatoms. The van der Waals surface area contributed by atoms with Gasteiger partial charge in [-0.25, -0.2) is 9.37 Å². The predicted molar refractivity (Wildman–Crippen MR) is 136 cm³/mol. The van der Waals surface area contributed by atoms with Gasteiger partial charge in [-0.2, -0.15) is 0 Å². The molecule has 3 atom stereocenters. The zero-order valence-electron chi connectivity index (χ0n) is 21.2. The van der Waals surface area contributed by atoms with Crippen LogP contribution in [0.4, 0.5) is 4.39 Å². The van der Waals surface area contributed by atoms with Crippen molar-refractivity contribution in [2.24, 2.45) is 11.8 Å². The average Bonchev–Trinajstić information content (AvgIpc) is 3.77. The van der Waals surface area contributed by atoms with E-state index in [2.05, 4.69) is 23.2 Å². The molecule has 0 spiro atoms. The summed E-state index contributed by atoms with van der Waals surface area (Å²) in [5, 5.41) is 0. The summed E-state index contributed by atoms with van der Waals surface area (Å²) in [5.74, 6) is 0.683. The number of fused-ring (bicyclic) bond motifs is 1. The van der Waals surface area contributed by atoms with Gasteiger partial charge in [-0.3, -0.25) is 9.59 Å². The van der Waals surface area contributed by atoms with Crippen LogP contribution in [0.15, 0.2) is 48.7 Å². The molecule has 2 heterocycles. The van der Waals surface area contributed by atoms with Crippen molar-refractivity contribution in [1.29, 1.82) is 0 Å². The topological polar surface area (TPSA) is 74.7 Å². The van der Waals surface area contributed by atoms with Gasteiger partial charge in [0.2, 0.25) is 5.88 Å². The van der Waals surface area contributed by atoms with Crippen LogP contribution in [0.2, 0.25) is 0 Å². The fraction of sp³-hybridized carbons (Fsp3) is 0.367. The van der Waals surface area contributed by atoms with E-state index in [1.807, 2.05) is 13.0 Å². The fourth-order valence-corrected chi connectivity index (χ4v) is 5.45. The van der Waals surface area contributed by atoms with Gasteiger partial charge in [0.05, 0.1) is 26.3 Å². The molecule has 0 amide bonds. The van der Waals surface area contributed by atoms with Gasteiger partial charge in [-0.1, -0.05) is 31.2 Å². The Morgan fingerprint density at radius 2 is 1.92 bits per heavy atom. The number of esters is 1. The van der Waals surface area contributed by atoms with E-state index in [1.165, 1.54) is 20.3 Å². The number of nitrogens with zero attached hydrogens (tertiary/aromatic N) is 1. The smallest absolute Gasteiger partial charge is 0.309 e. The maximum Gasteiger partial charge on any atom is 0.309 e. The third-order valence-electron chi connectivity index (χ3n) is 7.57. The maximum atomic E-state index is 14.5. The number of ether oxygens (including phenoxy) is 3. The van der Waals surface area contributed by atoms with Gasteiger partial charge >= 0.3 is 5.97 Å². The second kappa shape index (κ2) is 10.3. The summed E-state index contributed by atoms with van der Waals surface area (Å²) in [6.45, 7) is 1.93. The summed E-state index contributed by atoms with van der Waals surface area (Å²) in [4.78, 5) is 28.2. The number of aromatic nitrogens is 1. The highest BCUT2D eigenvalue weighted by atomic mass is 19.1. The molecule has 0 bridgehead atoms. The number of benzene rings is 2. The summed E-state index contributed by atoms with van der Waals surface area (Å²) >= 11 is 0. The highest BCUT2D eigenvalue weighted by Crippen LogP contribution is 2.48. The number of pyridine rings is 1. The molecule has 2 aromatic carbocycles. The Bertz CT molecular complexity index is 1340. The first-order valence-electron chi connectivity index (χ1n) is 12.6. The number of aldehydes is 1. The average molecular weight is 504 g/mol. The number of carbonyl (C=O) groups excluding carboxylic acids is 2. The molecule has 192 valence electrons. The second-order valence-electron chi connectivity index (χ2n) is 9.86. The van der Waals surface area contributed by atoms with E-state index in [4.69, 9.17) is 14.2 Å². The monoisotopic (exact) mass is 503 g/mol. The third kappa shape index (κ3) is 4.95. The molecule has 1 fully saturated rings. The molecule has 1 aromatic heterocycles. The zero-order chi connectivity index (χ0) is 26.1. The van der Waals surface area contributed by atoms with Crippen LogP contribution >= 0.6 is 0 Å². The van der Waals surface area contributed by atoms with Crippen LogP contribution in [0, 0.1) is 17.7 Å². The standard InChI is InChI=1S/C30H30FNO5/c1-17(30(34)36-3)29(19-5-6-19)21-7-4-18-9-11-26(37-27(18)13-21)20-8-10-23(22(12-20)16-33)24-14-28(35-2)32-15-25(24)31/h4,7-8,10,12-17,19,26,29H,5-6,9,11H2,1-3H3. The molecule has 1 aliphatic carbocycles. The summed E-state index contributed by atoms with van der Waals surface area (Å²) in [6.07, 6.45) is 5.38. The van der Waals surface area contributed by atoms with Crippen molar-refractivity contribution in [3.63, 3.8) is 0 Å². The lowest BCUT2D eigenvalue weighted by atomic mass is 9.82. The molecule has 0 saturated heterocycles. The van der Waals surface area contributed by atoms with Crippen molar-refractivity contribution in [1.82, 2.24) is 4.98 Å². The Morgan fingerprint density at radius 3 is 2.62 bits per heavy atom. The molecule has 2 aliphatic rings. The molecule has 1 aliphatic heterocycles. The number of carbonyl (C=O) groups is 2. The van der Waals surface area contributed by atoms with E-state index < -0.39 is 5.82 Å². The third-order valence-corrected chi connectivity index (χ3v) is 7.57. The van der Waals surface area contributed by atoms with Gasteiger partial charge in [-0.05, 0) is 71.9 Å². The van der Waals surface area contributed by atoms with Gasteiger partial charge in [0.15, 0.2) is 6.29 Å². The zero-order valence-corrected chi connectivity index (χ0v) is 21.2.